The Hall–Kier alpha value is -2.96. The second-order valence-corrected chi connectivity index (χ2v) is 5.92. The lowest BCUT2D eigenvalue weighted by atomic mass is 10.1. The van der Waals surface area contributed by atoms with Crippen LogP contribution in [-0.2, 0) is 0 Å². The van der Waals surface area contributed by atoms with Gasteiger partial charge in [0.15, 0.2) is 23.9 Å². The van der Waals surface area contributed by atoms with Gasteiger partial charge in [-0.3, -0.25) is 4.79 Å². The van der Waals surface area contributed by atoms with Crippen LogP contribution >= 0.6 is 0 Å². The summed E-state index contributed by atoms with van der Waals surface area (Å²) >= 11 is 0. The summed E-state index contributed by atoms with van der Waals surface area (Å²) in [5.41, 5.74) is 1.63. The molecular weight excluding hydrogens is 334 g/mol. The number of carbonyl (C=O) groups excluding carboxylic acids is 1. The fourth-order valence-corrected chi connectivity index (χ4v) is 3.20. The molecule has 0 aliphatic carbocycles. The number of aromatic amines is 1. The van der Waals surface area contributed by atoms with Crippen LogP contribution in [0.15, 0.2) is 36.7 Å². The molecule has 3 rings (SSSR count). The monoisotopic (exact) mass is 358 g/mol. The summed E-state index contributed by atoms with van der Waals surface area (Å²) in [6.07, 6.45) is 3.81. The number of benzene rings is 1. The van der Waals surface area contributed by atoms with Gasteiger partial charge in [-0.25, -0.2) is 4.98 Å². The van der Waals surface area contributed by atoms with Gasteiger partial charge in [-0.05, 0) is 12.1 Å². The minimum Gasteiger partial charge on any atom is -0.493 e. The molecule has 1 fully saturated rings. The number of ether oxygens (including phenoxy) is 3. The van der Waals surface area contributed by atoms with E-state index in [0.29, 0.717) is 35.9 Å². The molecule has 1 N–H and O–H groups in total. The molecular formula is C19H24N3O4+. The van der Waals surface area contributed by atoms with Gasteiger partial charge in [0.1, 0.15) is 0 Å². The number of pyridine rings is 1. The number of anilines is 1. The highest BCUT2D eigenvalue weighted by atomic mass is 16.5. The van der Waals surface area contributed by atoms with Crippen LogP contribution in [0.1, 0.15) is 10.4 Å². The van der Waals surface area contributed by atoms with Crippen molar-refractivity contribution >= 4 is 11.6 Å². The van der Waals surface area contributed by atoms with E-state index in [-0.39, 0.29) is 5.91 Å². The summed E-state index contributed by atoms with van der Waals surface area (Å²) in [5, 5.41) is 0. The molecule has 2 heterocycles. The zero-order valence-electron chi connectivity index (χ0n) is 15.3. The van der Waals surface area contributed by atoms with E-state index in [2.05, 4.69) is 9.88 Å². The minimum atomic E-state index is -0.0659. The molecule has 1 aromatic carbocycles. The summed E-state index contributed by atoms with van der Waals surface area (Å²) < 4.78 is 16.1. The first-order valence-corrected chi connectivity index (χ1v) is 8.49. The first kappa shape index (κ1) is 17.8. The van der Waals surface area contributed by atoms with Crippen molar-refractivity contribution in [2.24, 2.45) is 0 Å². The number of nitrogens with zero attached hydrogens (tertiary/aromatic N) is 2. The molecule has 0 atom stereocenters. The van der Waals surface area contributed by atoms with E-state index in [1.54, 1.807) is 19.2 Å². The Kier molecular flexibility index (Phi) is 5.46. The number of nitrogens with one attached hydrogen (secondary N) is 1. The molecule has 1 aromatic heterocycles. The summed E-state index contributed by atoms with van der Waals surface area (Å²) in [7, 11) is 4.61. The lowest BCUT2D eigenvalue weighted by Crippen LogP contribution is -2.48. The van der Waals surface area contributed by atoms with Crippen LogP contribution in [0.4, 0.5) is 5.69 Å². The van der Waals surface area contributed by atoms with Crippen LogP contribution < -0.4 is 24.1 Å². The van der Waals surface area contributed by atoms with E-state index < -0.39 is 0 Å². The van der Waals surface area contributed by atoms with Gasteiger partial charge in [0, 0.05) is 44.0 Å². The maximum Gasteiger partial charge on any atom is 0.257 e. The number of carbonyl (C=O) groups is 1. The third-order valence-electron chi connectivity index (χ3n) is 4.57. The molecule has 7 nitrogen and oxygen atoms in total. The molecule has 0 radical (unpaired) electrons. The molecule has 1 aliphatic rings. The van der Waals surface area contributed by atoms with Crippen LogP contribution in [0.25, 0.3) is 0 Å². The first-order chi connectivity index (χ1) is 12.7. The second kappa shape index (κ2) is 7.95. The summed E-state index contributed by atoms with van der Waals surface area (Å²) in [5.74, 6) is 1.30. The van der Waals surface area contributed by atoms with Crippen molar-refractivity contribution in [3.05, 3.63) is 42.2 Å². The minimum absolute atomic E-state index is 0.0659. The van der Waals surface area contributed by atoms with Crippen LogP contribution in [0, 0.1) is 0 Å². The maximum atomic E-state index is 13.0. The molecule has 7 heteroatoms. The molecule has 2 aromatic rings. The van der Waals surface area contributed by atoms with Gasteiger partial charge in [0.25, 0.3) is 5.91 Å². The Morgan fingerprint density at radius 3 is 2.12 bits per heavy atom. The SMILES string of the molecule is COc1ccc(C(=O)N2CCN(c3cc[nH+]cc3)CC2)c(OC)c1OC. The normalized spacial score (nSPS) is 14.1. The van der Waals surface area contributed by atoms with Crippen molar-refractivity contribution in [2.75, 3.05) is 52.4 Å². The first-order valence-electron chi connectivity index (χ1n) is 8.49. The predicted octanol–water partition coefficient (Wildman–Crippen LogP) is 1.49. The number of hydrogen-bond donors (Lipinski definition) is 0. The highest BCUT2D eigenvalue weighted by Gasteiger charge is 2.27. The number of methoxy groups -OCH3 is 3. The van der Waals surface area contributed by atoms with Crippen LogP contribution in [0.5, 0.6) is 17.2 Å². The molecule has 0 bridgehead atoms. The average Bonchev–Trinajstić information content (AvgIpc) is 2.72. The quantitative estimate of drug-likeness (QED) is 0.810. The fourth-order valence-electron chi connectivity index (χ4n) is 3.20. The Bertz CT molecular complexity index is 759. The molecule has 1 amide bonds. The van der Waals surface area contributed by atoms with Crippen molar-refractivity contribution < 1.29 is 24.0 Å². The van der Waals surface area contributed by atoms with Crippen molar-refractivity contribution in [2.45, 2.75) is 0 Å². The van der Waals surface area contributed by atoms with Crippen molar-refractivity contribution in [3.63, 3.8) is 0 Å². The number of aromatic nitrogens is 1. The number of amides is 1. The zero-order chi connectivity index (χ0) is 18.5. The highest BCUT2D eigenvalue weighted by Crippen LogP contribution is 2.40. The predicted molar refractivity (Wildman–Crippen MR) is 97.2 cm³/mol. The Labute approximate surface area is 153 Å². The van der Waals surface area contributed by atoms with E-state index in [0.717, 1.165) is 18.8 Å². The fraction of sp³-hybridized carbons (Fsp3) is 0.368. The standard InChI is InChI=1S/C19H23N3O4/c1-24-16-5-4-15(17(25-2)18(16)26-3)19(23)22-12-10-21(11-13-22)14-6-8-20-9-7-14/h4-9H,10-13H2,1-3H3/p+1. The van der Waals surface area contributed by atoms with Gasteiger partial charge < -0.3 is 24.0 Å². The number of piperazine rings is 1. The van der Waals surface area contributed by atoms with E-state index in [1.807, 2.05) is 29.4 Å². The van der Waals surface area contributed by atoms with E-state index in [1.165, 1.54) is 14.2 Å². The molecule has 0 unspecified atom stereocenters. The van der Waals surface area contributed by atoms with Gasteiger partial charge in [-0.15, -0.1) is 0 Å². The average molecular weight is 358 g/mol. The molecule has 138 valence electrons. The van der Waals surface area contributed by atoms with Crippen LogP contribution in [-0.4, -0.2) is 58.3 Å². The molecule has 0 spiro atoms. The lowest BCUT2D eigenvalue weighted by molar-refractivity contribution is -0.377. The largest absolute Gasteiger partial charge is 0.493 e. The molecule has 1 saturated heterocycles. The molecule has 1 aliphatic heterocycles. The Morgan fingerprint density at radius 1 is 0.885 bits per heavy atom. The second-order valence-electron chi connectivity index (χ2n) is 5.92. The van der Waals surface area contributed by atoms with Crippen LogP contribution in [0.2, 0.25) is 0 Å². The Morgan fingerprint density at radius 2 is 1.54 bits per heavy atom. The van der Waals surface area contributed by atoms with Crippen molar-refractivity contribution in [1.29, 1.82) is 0 Å². The molecule has 0 saturated carbocycles. The smallest absolute Gasteiger partial charge is 0.257 e. The number of hydrogen-bond acceptors (Lipinski definition) is 5. The van der Waals surface area contributed by atoms with E-state index in [4.69, 9.17) is 14.2 Å². The topological polar surface area (TPSA) is 65.4 Å². The molecule has 26 heavy (non-hydrogen) atoms. The highest BCUT2D eigenvalue weighted by molar-refractivity contribution is 5.98. The summed E-state index contributed by atoms with van der Waals surface area (Å²) in [4.78, 5) is 20.2. The van der Waals surface area contributed by atoms with Gasteiger partial charge in [0.05, 0.1) is 26.9 Å². The lowest BCUT2D eigenvalue weighted by Gasteiger charge is -2.36. The number of rotatable bonds is 5. The third kappa shape index (κ3) is 3.37. The van der Waals surface area contributed by atoms with Gasteiger partial charge in [0.2, 0.25) is 5.75 Å². The van der Waals surface area contributed by atoms with E-state index in [9.17, 15) is 4.79 Å². The third-order valence-corrected chi connectivity index (χ3v) is 4.57. The van der Waals surface area contributed by atoms with Crippen molar-refractivity contribution in [3.8, 4) is 17.2 Å². The van der Waals surface area contributed by atoms with Gasteiger partial charge in [-0.1, -0.05) is 0 Å². The Balaban J connectivity index is 1.76. The maximum absolute atomic E-state index is 13.0. The summed E-state index contributed by atoms with van der Waals surface area (Å²) in [6, 6.07) is 7.52. The van der Waals surface area contributed by atoms with Gasteiger partial charge >= 0.3 is 0 Å². The zero-order valence-corrected chi connectivity index (χ0v) is 15.3. The van der Waals surface area contributed by atoms with Crippen molar-refractivity contribution in [1.82, 2.24) is 4.90 Å². The van der Waals surface area contributed by atoms with Gasteiger partial charge in [-0.2, -0.15) is 0 Å². The van der Waals surface area contributed by atoms with E-state index >= 15 is 0 Å². The van der Waals surface area contributed by atoms with Crippen LogP contribution in [0.3, 0.4) is 0 Å². The summed E-state index contributed by atoms with van der Waals surface area (Å²) in [6.45, 7) is 2.86. The number of H-pyrrole nitrogens is 1.